The van der Waals surface area contributed by atoms with Crippen molar-refractivity contribution in [3.63, 3.8) is 0 Å². The first kappa shape index (κ1) is 13.8. The molecule has 21 heavy (non-hydrogen) atoms. The lowest BCUT2D eigenvalue weighted by atomic mass is 10.0. The van der Waals surface area contributed by atoms with Gasteiger partial charge in [-0.3, -0.25) is 15.1 Å². The Morgan fingerprint density at radius 3 is 2.71 bits per heavy atom. The van der Waals surface area contributed by atoms with E-state index in [4.69, 9.17) is 0 Å². The van der Waals surface area contributed by atoms with E-state index in [0.29, 0.717) is 0 Å². The molecule has 1 unspecified atom stereocenters. The summed E-state index contributed by atoms with van der Waals surface area (Å²) in [6.07, 6.45) is 6.10. The third kappa shape index (κ3) is 3.46. The van der Waals surface area contributed by atoms with E-state index in [2.05, 4.69) is 32.7 Å². The van der Waals surface area contributed by atoms with Crippen molar-refractivity contribution in [3.05, 3.63) is 48.5 Å². The van der Waals surface area contributed by atoms with Crippen LogP contribution in [0.2, 0.25) is 0 Å². The summed E-state index contributed by atoms with van der Waals surface area (Å²) in [4.78, 5) is 14.7. The van der Waals surface area contributed by atoms with Crippen LogP contribution in [0.25, 0.3) is 0 Å². The first-order valence-corrected chi connectivity index (χ1v) is 7.26. The maximum absolute atomic E-state index is 12.4. The maximum atomic E-state index is 12.4. The Balaban J connectivity index is 1.67. The Hall–Kier alpha value is -2.21. The quantitative estimate of drug-likeness (QED) is 0.922. The fourth-order valence-corrected chi connectivity index (χ4v) is 2.76. The highest BCUT2D eigenvalue weighted by molar-refractivity contribution is 5.88. The molecule has 2 heterocycles. The van der Waals surface area contributed by atoms with E-state index in [1.165, 1.54) is 22.9 Å². The molecule has 1 amide bonds. The van der Waals surface area contributed by atoms with E-state index in [1.807, 2.05) is 18.2 Å². The summed E-state index contributed by atoms with van der Waals surface area (Å²) >= 11 is 0. The zero-order chi connectivity index (χ0) is 14.5. The predicted octanol–water partition coefficient (Wildman–Crippen LogP) is 1.40. The molecule has 0 radical (unpaired) electrons. The van der Waals surface area contributed by atoms with Gasteiger partial charge in [0.2, 0.25) is 0 Å². The number of nitrogens with zero attached hydrogens (tertiary/aromatic N) is 4. The van der Waals surface area contributed by atoms with Gasteiger partial charge in [0.15, 0.2) is 0 Å². The smallest absolute Gasteiger partial charge is 0.256 e. The van der Waals surface area contributed by atoms with Gasteiger partial charge in [-0.1, -0.05) is 36.8 Å². The molecule has 110 valence electrons. The van der Waals surface area contributed by atoms with Crippen molar-refractivity contribution < 1.29 is 4.79 Å². The van der Waals surface area contributed by atoms with Gasteiger partial charge in [0.25, 0.3) is 5.91 Å². The highest BCUT2D eigenvalue weighted by Gasteiger charge is 2.28. The van der Waals surface area contributed by atoms with E-state index in [-0.39, 0.29) is 11.9 Å². The molecule has 1 atom stereocenters. The average molecular weight is 285 g/mol. The lowest BCUT2D eigenvalue weighted by Gasteiger charge is -2.34. The number of carbonyl (C=O) groups excluding carboxylic acids is 1. The van der Waals surface area contributed by atoms with Crippen molar-refractivity contribution in [1.29, 1.82) is 0 Å². The van der Waals surface area contributed by atoms with Crippen LogP contribution in [0.3, 0.4) is 0 Å². The molecular formula is C15H19N5O. The van der Waals surface area contributed by atoms with E-state index in [1.54, 1.807) is 0 Å². The maximum Gasteiger partial charge on any atom is 0.256 e. The Kier molecular flexibility index (Phi) is 4.25. The molecule has 6 nitrogen and oxygen atoms in total. The van der Waals surface area contributed by atoms with Crippen LogP contribution in [0.4, 0.5) is 0 Å². The number of likely N-dealkylation sites (tertiary alicyclic amines) is 1. The van der Waals surface area contributed by atoms with Crippen LogP contribution in [0.15, 0.2) is 43.0 Å². The molecule has 1 aromatic heterocycles. The van der Waals surface area contributed by atoms with Gasteiger partial charge >= 0.3 is 0 Å². The molecule has 1 aromatic carbocycles. The molecule has 2 aromatic rings. The van der Waals surface area contributed by atoms with Crippen LogP contribution in [-0.4, -0.2) is 38.3 Å². The van der Waals surface area contributed by atoms with Crippen molar-refractivity contribution in [2.75, 3.05) is 12.0 Å². The molecule has 1 aliphatic rings. The molecule has 3 rings (SSSR count). The van der Waals surface area contributed by atoms with Gasteiger partial charge in [-0.15, -0.1) is 10.2 Å². The van der Waals surface area contributed by atoms with Gasteiger partial charge in [-0.2, -0.15) is 0 Å². The first-order chi connectivity index (χ1) is 10.3. The molecule has 0 aliphatic carbocycles. The van der Waals surface area contributed by atoms with E-state index in [0.717, 1.165) is 32.4 Å². The summed E-state index contributed by atoms with van der Waals surface area (Å²) in [6, 6.07) is 10.2. The van der Waals surface area contributed by atoms with Crippen LogP contribution in [0.5, 0.6) is 0 Å². The topological polar surface area (TPSA) is 63.1 Å². The van der Waals surface area contributed by atoms with Crippen LogP contribution in [0.1, 0.15) is 24.8 Å². The van der Waals surface area contributed by atoms with E-state index in [9.17, 15) is 4.79 Å². The van der Waals surface area contributed by atoms with Gasteiger partial charge in [-0.05, 0) is 24.9 Å². The van der Waals surface area contributed by atoms with Crippen molar-refractivity contribution in [2.45, 2.75) is 31.8 Å². The molecular weight excluding hydrogens is 266 g/mol. The number of carbonyl (C=O) groups is 1. The van der Waals surface area contributed by atoms with Crippen LogP contribution >= 0.6 is 0 Å². The number of amides is 1. The largest absolute Gasteiger partial charge is 0.288 e. The minimum Gasteiger partial charge on any atom is -0.288 e. The number of benzene rings is 1. The first-order valence-electron chi connectivity index (χ1n) is 7.26. The lowest BCUT2D eigenvalue weighted by molar-refractivity contribution is -0.123. The summed E-state index contributed by atoms with van der Waals surface area (Å²) in [5.74, 6) is 0.00503. The zero-order valence-corrected chi connectivity index (χ0v) is 11.9. The van der Waals surface area contributed by atoms with Crippen molar-refractivity contribution in [1.82, 2.24) is 19.8 Å². The number of rotatable bonds is 4. The number of aromatic nitrogens is 3. The second-order valence-corrected chi connectivity index (χ2v) is 5.31. The standard InChI is InChI=1S/C15H19N5O/c21-15(18-20-11-16-17-12-20)14-8-4-5-9-19(14)10-13-6-2-1-3-7-13/h1-3,6-7,11-12,14H,4-5,8-10H2,(H,18,21). The summed E-state index contributed by atoms with van der Waals surface area (Å²) in [6.45, 7) is 1.76. The minimum absolute atomic E-state index is 0.00503. The predicted molar refractivity (Wildman–Crippen MR) is 78.9 cm³/mol. The molecule has 6 heteroatoms. The van der Waals surface area contributed by atoms with Crippen molar-refractivity contribution in [2.24, 2.45) is 0 Å². The normalized spacial score (nSPS) is 19.3. The van der Waals surface area contributed by atoms with E-state index >= 15 is 0 Å². The number of nitrogens with one attached hydrogen (secondary N) is 1. The molecule has 1 aliphatic heterocycles. The monoisotopic (exact) mass is 285 g/mol. The Bertz CT molecular complexity index is 569. The Morgan fingerprint density at radius 1 is 1.19 bits per heavy atom. The molecule has 1 N–H and O–H groups in total. The number of piperidine rings is 1. The van der Waals surface area contributed by atoms with Gasteiger partial charge in [0.05, 0.1) is 6.04 Å². The van der Waals surface area contributed by atoms with Crippen LogP contribution < -0.4 is 5.43 Å². The summed E-state index contributed by atoms with van der Waals surface area (Å²) in [7, 11) is 0. The minimum atomic E-state index is -0.0960. The molecule has 1 fully saturated rings. The summed E-state index contributed by atoms with van der Waals surface area (Å²) in [5.41, 5.74) is 4.06. The SMILES string of the molecule is O=C(Nn1cnnc1)C1CCCCN1Cc1ccccc1. The van der Waals surface area contributed by atoms with Crippen molar-refractivity contribution >= 4 is 5.91 Å². The highest BCUT2D eigenvalue weighted by atomic mass is 16.2. The number of hydrogen-bond acceptors (Lipinski definition) is 4. The van der Waals surface area contributed by atoms with Crippen LogP contribution in [-0.2, 0) is 11.3 Å². The average Bonchev–Trinajstić information content (AvgIpc) is 3.02. The molecule has 0 bridgehead atoms. The number of hydrogen-bond donors (Lipinski definition) is 1. The van der Waals surface area contributed by atoms with Crippen molar-refractivity contribution in [3.8, 4) is 0 Å². The zero-order valence-electron chi connectivity index (χ0n) is 11.9. The second-order valence-electron chi connectivity index (χ2n) is 5.31. The Labute approximate surface area is 123 Å². The van der Waals surface area contributed by atoms with E-state index < -0.39 is 0 Å². The summed E-state index contributed by atoms with van der Waals surface area (Å²) < 4.78 is 1.50. The Morgan fingerprint density at radius 2 is 1.95 bits per heavy atom. The molecule has 0 spiro atoms. The molecule has 0 saturated carbocycles. The van der Waals surface area contributed by atoms with Crippen LogP contribution in [0, 0.1) is 0 Å². The fraction of sp³-hybridized carbons (Fsp3) is 0.400. The highest BCUT2D eigenvalue weighted by Crippen LogP contribution is 2.20. The van der Waals surface area contributed by atoms with Gasteiger partial charge in [0.1, 0.15) is 12.7 Å². The molecule has 1 saturated heterocycles. The second kappa shape index (κ2) is 6.49. The van der Waals surface area contributed by atoms with Gasteiger partial charge < -0.3 is 0 Å². The third-order valence-electron chi connectivity index (χ3n) is 3.80. The summed E-state index contributed by atoms with van der Waals surface area (Å²) in [5, 5.41) is 7.38. The third-order valence-corrected chi connectivity index (χ3v) is 3.80. The van der Waals surface area contributed by atoms with Gasteiger partial charge in [-0.25, -0.2) is 4.68 Å². The van der Waals surface area contributed by atoms with Gasteiger partial charge in [0, 0.05) is 6.54 Å². The fourth-order valence-electron chi connectivity index (χ4n) is 2.76. The lowest BCUT2D eigenvalue weighted by Crippen LogP contribution is -2.48.